The molecule has 1 heterocycles. The number of hydrogen-bond donors (Lipinski definition) is 1. The molecule has 0 spiro atoms. The van der Waals surface area contributed by atoms with Crippen molar-refractivity contribution in [3.63, 3.8) is 0 Å². The maximum atomic E-state index is 12.6. The lowest BCUT2D eigenvalue weighted by Gasteiger charge is -2.17. The van der Waals surface area contributed by atoms with Crippen molar-refractivity contribution in [3.05, 3.63) is 39.7 Å². The number of aryl methyl sites for hydroxylation is 3. The van der Waals surface area contributed by atoms with Crippen LogP contribution in [0, 0.1) is 20.8 Å². The Morgan fingerprint density at radius 1 is 1.33 bits per heavy atom. The maximum Gasteiger partial charge on any atom is 0.248 e. The minimum Gasteiger partial charge on any atom is -0.360 e. The van der Waals surface area contributed by atoms with Crippen molar-refractivity contribution in [2.75, 3.05) is 18.9 Å². The lowest BCUT2D eigenvalue weighted by Crippen LogP contribution is -2.35. The van der Waals surface area contributed by atoms with Gasteiger partial charge in [-0.15, -0.1) is 0 Å². The number of halogens is 1. The van der Waals surface area contributed by atoms with Crippen molar-refractivity contribution < 1.29 is 17.7 Å². The Morgan fingerprint density at radius 3 is 2.54 bits per heavy atom. The number of carbonyl (C=O) groups excluding carboxylic acids is 1. The summed E-state index contributed by atoms with van der Waals surface area (Å²) in [6.07, 6.45) is 0. The minimum atomic E-state index is -3.85. The Labute approximate surface area is 149 Å². The van der Waals surface area contributed by atoms with Crippen LogP contribution < -0.4 is 5.32 Å². The van der Waals surface area contributed by atoms with Crippen LogP contribution >= 0.6 is 15.9 Å². The van der Waals surface area contributed by atoms with Crippen molar-refractivity contribution in [2.45, 2.75) is 25.7 Å². The quantitative estimate of drug-likeness (QED) is 0.809. The zero-order chi connectivity index (χ0) is 18.1. The first kappa shape index (κ1) is 18.6. The fourth-order valence-corrected chi connectivity index (χ4v) is 4.13. The second kappa shape index (κ2) is 7.04. The zero-order valence-corrected chi connectivity index (χ0v) is 16.2. The molecule has 2 aromatic rings. The van der Waals surface area contributed by atoms with E-state index < -0.39 is 15.9 Å². The molecular weight excluding hydrogens is 398 g/mol. The van der Waals surface area contributed by atoms with Gasteiger partial charge in [0.05, 0.1) is 6.54 Å². The summed E-state index contributed by atoms with van der Waals surface area (Å²) in [5.41, 5.74) is 1.77. The smallest absolute Gasteiger partial charge is 0.248 e. The number of sulfonamides is 1. The Balaban J connectivity index is 2.14. The first-order chi connectivity index (χ1) is 11.1. The van der Waals surface area contributed by atoms with E-state index in [4.69, 9.17) is 4.52 Å². The molecule has 0 bridgehead atoms. The maximum absolute atomic E-state index is 12.6. The van der Waals surface area contributed by atoms with Gasteiger partial charge in [-0.2, -0.15) is 4.31 Å². The number of benzene rings is 1. The average molecular weight is 416 g/mol. The molecule has 24 heavy (non-hydrogen) atoms. The van der Waals surface area contributed by atoms with Gasteiger partial charge in [-0.3, -0.25) is 4.79 Å². The van der Waals surface area contributed by atoms with E-state index in [2.05, 4.69) is 26.4 Å². The molecule has 0 radical (unpaired) electrons. The van der Waals surface area contributed by atoms with Crippen LogP contribution in [-0.2, 0) is 14.8 Å². The van der Waals surface area contributed by atoms with Gasteiger partial charge in [0, 0.05) is 17.2 Å². The molecule has 0 aliphatic carbocycles. The largest absolute Gasteiger partial charge is 0.360 e. The third-order valence-corrected chi connectivity index (χ3v) is 6.01. The SMILES string of the molecule is Cc1cc(Br)ccc1NC(=O)CN(C)S(=O)(=O)c1c(C)noc1C. The molecule has 0 saturated heterocycles. The molecule has 0 atom stereocenters. The van der Waals surface area contributed by atoms with Crippen LogP contribution in [0.1, 0.15) is 17.0 Å². The third-order valence-electron chi connectivity index (χ3n) is 3.46. The highest BCUT2D eigenvalue weighted by atomic mass is 79.9. The highest BCUT2D eigenvalue weighted by molar-refractivity contribution is 9.10. The number of carbonyl (C=O) groups is 1. The number of nitrogens with one attached hydrogen (secondary N) is 1. The number of rotatable bonds is 5. The van der Waals surface area contributed by atoms with E-state index in [1.54, 1.807) is 19.1 Å². The first-order valence-corrected chi connectivity index (χ1v) is 9.31. The molecule has 1 aromatic carbocycles. The van der Waals surface area contributed by atoms with Crippen LogP contribution in [0.4, 0.5) is 5.69 Å². The summed E-state index contributed by atoms with van der Waals surface area (Å²) in [6, 6.07) is 5.41. The summed E-state index contributed by atoms with van der Waals surface area (Å²) in [5.74, 6) is -0.234. The summed E-state index contributed by atoms with van der Waals surface area (Å²) in [6.45, 7) is 4.60. The number of nitrogens with zero attached hydrogens (tertiary/aromatic N) is 2. The summed E-state index contributed by atoms with van der Waals surface area (Å²) in [7, 11) is -2.51. The molecule has 2 rings (SSSR count). The van der Waals surface area contributed by atoms with Gasteiger partial charge < -0.3 is 9.84 Å². The van der Waals surface area contributed by atoms with E-state index in [0.717, 1.165) is 14.3 Å². The molecule has 7 nitrogen and oxygen atoms in total. The first-order valence-electron chi connectivity index (χ1n) is 7.08. The number of amides is 1. The molecule has 1 N–H and O–H groups in total. The fraction of sp³-hybridized carbons (Fsp3) is 0.333. The highest BCUT2D eigenvalue weighted by Crippen LogP contribution is 2.23. The second-order valence-corrected chi connectivity index (χ2v) is 8.32. The summed E-state index contributed by atoms with van der Waals surface area (Å²) >= 11 is 3.35. The van der Waals surface area contributed by atoms with E-state index in [9.17, 15) is 13.2 Å². The van der Waals surface area contributed by atoms with Crippen molar-refractivity contribution >= 4 is 37.5 Å². The van der Waals surface area contributed by atoms with Crippen molar-refractivity contribution in [1.29, 1.82) is 0 Å². The lowest BCUT2D eigenvalue weighted by atomic mass is 10.2. The van der Waals surface area contributed by atoms with E-state index in [1.807, 2.05) is 13.0 Å². The molecule has 0 saturated carbocycles. The molecule has 0 aliphatic heterocycles. The van der Waals surface area contributed by atoms with Gasteiger partial charge in [0.1, 0.15) is 10.6 Å². The molecule has 0 fully saturated rings. The average Bonchev–Trinajstić information content (AvgIpc) is 2.81. The van der Waals surface area contributed by atoms with Gasteiger partial charge in [0.25, 0.3) is 0 Å². The molecule has 1 aromatic heterocycles. The van der Waals surface area contributed by atoms with Crippen LogP contribution in [-0.4, -0.2) is 37.4 Å². The normalized spacial score (nSPS) is 11.8. The van der Waals surface area contributed by atoms with Crippen molar-refractivity contribution in [1.82, 2.24) is 9.46 Å². The standard InChI is InChI=1S/C15H18BrN3O4S/c1-9-7-12(16)5-6-13(9)17-14(20)8-19(4)24(21,22)15-10(2)18-23-11(15)3/h5-7H,8H2,1-4H3,(H,17,20). The lowest BCUT2D eigenvalue weighted by molar-refractivity contribution is -0.116. The summed E-state index contributed by atoms with van der Waals surface area (Å²) in [5, 5.41) is 6.36. The van der Waals surface area contributed by atoms with Crippen LogP contribution in [0.25, 0.3) is 0 Å². The van der Waals surface area contributed by atoms with Crippen LogP contribution in [0.3, 0.4) is 0 Å². The molecule has 0 aliphatic rings. The van der Waals surface area contributed by atoms with Gasteiger partial charge in [0.15, 0.2) is 5.76 Å². The van der Waals surface area contributed by atoms with E-state index in [0.29, 0.717) is 5.69 Å². The number of anilines is 1. The predicted octanol–water partition coefficient (Wildman–Crippen LogP) is 2.62. The molecule has 0 unspecified atom stereocenters. The number of likely N-dealkylation sites (N-methyl/N-ethyl adjacent to an activating group) is 1. The van der Waals surface area contributed by atoms with Crippen LogP contribution in [0.5, 0.6) is 0 Å². The third kappa shape index (κ3) is 3.85. The molecule has 9 heteroatoms. The number of hydrogen-bond acceptors (Lipinski definition) is 5. The van der Waals surface area contributed by atoms with Gasteiger partial charge in [-0.25, -0.2) is 8.42 Å². The minimum absolute atomic E-state index is 0.00220. The molecule has 1 amide bonds. The van der Waals surface area contributed by atoms with E-state index in [1.165, 1.54) is 14.0 Å². The Kier molecular flexibility index (Phi) is 5.46. The van der Waals surface area contributed by atoms with Gasteiger partial charge in [0.2, 0.25) is 15.9 Å². The van der Waals surface area contributed by atoms with E-state index in [-0.39, 0.29) is 22.9 Å². The zero-order valence-electron chi connectivity index (χ0n) is 13.8. The van der Waals surface area contributed by atoms with Crippen molar-refractivity contribution in [3.8, 4) is 0 Å². The monoisotopic (exact) mass is 415 g/mol. The Morgan fingerprint density at radius 2 is 2.00 bits per heavy atom. The predicted molar refractivity (Wildman–Crippen MR) is 93.3 cm³/mol. The van der Waals surface area contributed by atoms with Crippen molar-refractivity contribution in [2.24, 2.45) is 0 Å². The number of aromatic nitrogens is 1. The fourth-order valence-electron chi connectivity index (χ4n) is 2.24. The van der Waals surface area contributed by atoms with Crippen LogP contribution in [0.2, 0.25) is 0 Å². The van der Waals surface area contributed by atoms with Gasteiger partial charge in [-0.1, -0.05) is 21.1 Å². The van der Waals surface area contributed by atoms with Gasteiger partial charge >= 0.3 is 0 Å². The Bertz CT molecular complexity index is 857. The Hall–Kier alpha value is -1.71. The summed E-state index contributed by atoms with van der Waals surface area (Å²) in [4.78, 5) is 12.2. The topological polar surface area (TPSA) is 92.5 Å². The van der Waals surface area contributed by atoms with E-state index >= 15 is 0 Å². The molecular formula is C15H18BrN3O4S. The summed E-state index contributed by atoms with van der Waals surface area (Å²) < 4.78 is 31.9. The second-order valence-electron chi connectivity index (χ2n) is 5.42. The van der Waals surface area contributed by atoms with Gasteiger partial charge in [-0.05, 0) is 44.5 Å². The highest BCUT2D eigenvalue weighted by Gasteiger charge is 2.29. The molecule has 130 valence electrons. The van der Waals surface area contributed by atoms with Crippen LogP contribution in [0.15, 0.2) is 32.1 Å².